The van der Waals surface area contributed by atoms with Crippen molar-refractivity contribution in [3.8, 4) is 0 Å². The van der Waals surface area contributed by atoms with Crippen LogP contribution < -0.4 is 0 Å². The summed E-state index contributed by atoms with van der Waals surface area (Å²) in [7, 11) is 0. The zero-order valence-electron chi connectivity index (χ0n) is 5.81. The third-order valence-corrected chi connectivity index (χ3v) is 1.00. The molecule has 0 aromatic carbocycles. The standard InChI is InChI=1S/C7H13N/c1-4-7(3)6-8-5-2/h5-6H,4H2,1-3H3/b7-6-,8-5-. The lowest BCUT2D eigenvalue weighted by atomic mass is 10.3. The predicted octanol–water partition coefficient (Wildman–Crippen LogP) is 2.39. The zero-order valence-corrected chi connectivity index (χ0v) is 5.81. The van der Waals surface area contributed by atoms with Gasteiger partial charge < -0.3 is 0 Å². The van der Waals surface area contributed by atoms with Crippen molar-refractivity contribution in [2.45, 2.75) is 27.2 Å². The molecule has 0 aliphatic rings. The molecule has 0 fully saturated rings. The van der Waals surface area contributed by atoms with Gasteiger partial charge in [0, 0.05) is 12.4 Å². The van der Waals surface area contributed by atoms with Crippen molar-refractivity contribution in [2.75, 3.05) is 0 Å². The average Bonchev–Trinajstić information content (AvgIpc) is 1.83. The summed E-state index contributed by atoms with van der Waals surface area (Å²) in [6.45, 7) is 6.11. The van der Waals surface area contributed by atoms with Crippen LogP contribution in [0, 0.1) is 0 Å². The maximum absolute atomic E-state index is 3.96. The molecule has 0 rings (SSSR count). The predicted molar refractivity (Wildman–Crippen MR) is 38.2 cm³/mol. The van der Waals surface area contributed by atoms with Gasteiger partial charge in [-0.25, -0.2) is 0 Å². The fourth-order valence-electron chi connectivity index (χ4n) is 0.293. The summed E-state index contributed by atoms with van der Waals surface area (Å²) in [4.78, 5) is 3.96. The van der Waals surface area contributed by atoms with Crippen LogP contribution in [-0.2, 0) is 0 Å². The molecular weight excluding hydrogens is 98.1 g/mol. The SMILES string of the molecule is C/C=N\C=C(\C)CC. The largest absolute Gasteiger partial charge is 0.269 e. The first-order chi connectivity index (χ1) is 3.81. The van der Waals surface area contributed by atoms with E-state index in [9.17, 15) is 0 Å². The van der Waals surface area contributed by atoms with E-state index < -0.39 is 0 Å². The maximum atomic E-state index is 3.96. The van der Waals surface area contributed by atoms with Crippen LogP contribution in [-0.4, -0.2) is 6.21 Å². The topological polar surface area (TPSA) is 12.4 Å². The Hall–Kier alpha value is -0.590. The summed E-state index contributed by atoms with van der Waals surface area (Å²) in [5.41, 5.74) is 1.32. The highest BCUT2D eigenvalue weighted by Gasteiger charge is 1.76. The average molecular weight is 111 g/mol. The molecule has 8 heavy (non-hydrogen) atoms. The van der Waals surface area contributed by atoms with Crippen LogP contribution in [0.4, 0.5) is 0 Å². The Kier molecular flexibility index (Phi) is 4.23. The molecule has 0 unspecified atom stereocenters. The molecule has 0 aromatic rings. The van der Waals surface area contributed by atoms with Gasteiger partial charge in [-0.05, 0) is 20.3 Å². The third kappa shape index (κ3) is 3.59. The van der Waals surface area contributed by atoms with E-state index in [-0.39, 0.29) is 0 Å². The Morgan fingerprint density at radius 1 is 1.62 bits per heavy atom. The Labute approximate surface area is 51.1 Å². The Balaban J connectivity index is 3.57. The summed E-state index contributed by atoms with van der Waals surface area (Å²) in [6.07, 6.45) is 4.77. The van der Waals surface area contributed by atoms with Crippen molar-refractivity contribution >= 4 is 6.21 Å². The Morgan fingerprint density at radius 2 is 2.25 bits per heavy atom. The van der Waals surface area contributed by atoms with Gasteiger partial charge >= 0.3 is 0 Å². The van der Waals surface area contributed by atoms with Gasteiger partial charge in [-0.1, -0.05) is 12.5 Å². The second kappa shape index (κ2) is 4.57. The molecule has 0 spiro atoms. The molecule has 0 radical (unpaired) electrons. The number of aliphatic imine (C=N–C) groups is 1. The molecule has 0 N–H and O–H groups in total. The molecule has 0 aliphatic heterocycles. The minimum atomic E-state index is 1.09. The van der Waals surface area contributed by atoms with E-state index in [4.69, 9.17) is 0 Å². The molecule has 0 atom stereocenters. The van der Waals surface area contributed by atoms with Gasteiger partial charge in [-0.15, -0.1) is 0 Å². The highest BCUT2D eigenvalue weighted by molar-refractivity contribution is 5.54. The van der Waals surface area contributed by atoms with Crippen LogP contribution in [0.5, 0.6) is 0 Å². The van der Waals surface area contributed by atoms with Crippen LogP contribution in [0.2, 0.25) is 0 Å². The number of hydrogen-bond donors (Lipinski definition) is 0. The summed E-state index contributed by atoms with van der Waals surface area (Å²) in [5.74, 6) is 0. The van der Waals surface area contributed by atoms with Gasteiger partial charge in [0.25, 0.3) is 0 Å². The quantitative estimate of drug-likeness (QED) is 0.485. The highest BCUT2D eigenvalue weighted by Crippen LogP contribution is 1.96. The fourth-order valence-corrected chi connectivity index (χ4v) is 0.293. The molecule has 0 saturated carbocycles. The lowest BCUT2D eigenvalue weighted by molar-refractivity contribution is 1.09. The lowest BCUT2D eigenvalue weighted by Gasteiger charge is -1.86. The van der Waals surface area contributed by atoms with Crippen molar-refractivity contribution in [1.29, 1.82) is 0 Å². The molecule has 0 aromatic heterocycles. The number of nitrogens with zero attached hydrogens (tertiary/aromatic N) is 1. The highest BCUT2D eigenvalue weighted by atomic mass is 14.7. The van der Waals surface area contributed by atoms with Gasteiger partial charge in [0.1, 0.15) is 0 Å². The van der Waals surface area contributed by atoms with Crippen molar-refractivity contribution in [1.82, 2.24) is 0 Å². The maximum Gasteiger partial charge on any atom is 0.0252 e. The van der Waals surface area contributed by atoms with Crippen molar-refractivity contribution in [2.24, 2.45) is 4.99 Å². The fraction of sp³-hybridized carbons (Fsp3) is 0.571. The van der Waals surface area contributed by atoms with Crippen molar-refractivity contribution < 1.29 is 0 Å². The molecule has 1 heteroatoms. The minimum absolute atomic E-state index is 1.09. The smallest absolute Gasteiger partial charge is 0.0252 e. The molecule has 0 saturated heterocycles. The first kappa shape index (κ1) is 7.41. The summed E-state index contributed by atoms with van der Waals surface area (Å²) in [5, 5.41) is 0. The summed E-state index contributed by atoms with van der Waals surface area (Å²) in [6, 6.07) is 0. The Bertz CT molecular complexity index is 101. The molecule has 0 heterocycles. The summed E-state index contributed by atoms with van der Waals surface area (Å²) >= 11 is 0. The molecule has 0 aliphatic carbocycles. The van der Waals surface area contributed by atoms with Crippen LogP contribution in [0.25, 0.3) is 0 Å². The van der Waals surface area contributed by atoms with E-state index >= 15 is 0 Å². The minimum Gasteiger partial charge on any atom is -0.269 e. The van der Waals surface area contributed by atoms with Gasteiger partial charge in [0.05, 0.1) is 0 Å². The van der Waals surface area contributed by atoms with Gasteiger partial charge in [0.15, 0.2) is 0 Å². The van der Waals surface area contributed by atoms with Gasteiger partial charge in [-0.2, -0.15) is 0 Å². The molecule has 46 valence electrons. The van der Waals surface area contributed by atoms with Crippen LogP contribution in [0.15, 0.2) is 16.8 Å². The number of rotatable bonds is 2. The van der Waals surface area contributed by atoms with E-state index in [0.29, 0.717) is 0 Å². The van der Waals surface area contributed by atoms with Crippen LogP contribution in [0.3, 0.4) is 0 Å². The molecule has 0 amide bonds. The van der Waals surface area contributed by atoms with Crippen molar-refractivity contribution in [3.05, 3.63) is 11.8 Å². The van der Waals surface area contributed by atoms with E-state index in [2.05, 4.69) is 18.8 Å². The second-order valence-corrected chi connectivity index (χ2v) is 1.74. The molecular formula is C7H13N. The second-order valence-electron chi connectivity index (χ2n) is 1.74. The van der Waals surface area contributed by atoms with E-state index in [1.165, 1.54) is 5.57 Å². The summed E-state index contributed by atoms with van der Waals surface area (Å²) < 4.78 is 0. The Morgan fingerprint density at radius 3 is 2.62 bits per heavy atom. The normalized spacial score (nSPS) is 13.1. The van der Waals surface area contributed by atoms with Gasteiger partial charge in [-0.3, -0.25) is 4.99 Å². The van der Waals surface area contributed by atoms with E-state index in [1.54, 1.807) is 6.21 Å². The first-order valence-electron chi connectivity index (χ1n) is 2.94. The van der Waals surface area contributed by atoms with Crippen LogP contribution >= 0.6 is 0 Å². The van der Waals surface area contributed by atoms with Gasteiger partial charge in [0.2, 0.25) is 0 Å². The van der Waals surface area contributed by atoms with E-state index in [0.717, 1.165) is 6.42 Å². The monoisotopic (exact) mass is 111 g/mol. The molecule has 1 nitrogen and oxygen atoms in total. The third-order valence-electron chi connectivity index (χ3n) is 1.00. The van der Waals surface area contributed by atoms with Crippen LogP contribution in [0.1, 0.15) is 27.2 Å². The van der Waals surface area contributed by atoms with E-state index in [1.807, 2.05) is 13.1 Å². The number of hydrogen-bond acceptors (Lipinski definition) is 1. The zero-order chi connectivity index (χ0) is 6.41. The molecule has 0 bridgehead atoms. The first-order valence-corrected chi connectivity index (χ1v) is 2.94. The lowest BCUT2D eigenvalue weighted by Crippen LogP contribution is -1.67. The number of allylic oxidation sites excluding steroid dienone is 1. The van der Waals surface area contributed by atoms with Crippen molar-refractivity contribution in [3.63, 3.8) is 0 Å².